The Labute approximate surface area is 105 Å². The Morgan fingerprint density at radius 3 is 2.94 bits per heavy atom. The number of amides is 1. The Bertz CT molecular complexity index is 470. The van der Waals surface area contributed by atoms with Gasteiger partial charge in [-0.3, -0.25) is 14.6 Å². The van der Waals surface area contributed by atoms with Crippen molar-refractivity contribution in [3.05, 3.63) is 36.2 Å². The van der Waals surface area contributed by atoms with Gasteiger partial charge in [-0.25, -0.2) is 0 Å². The van der Waals surface area contributed by atoms with Crippen molar-refractivity contribution in [2.45, 2.75) is 6.42 Å². The maximum absolute atomic E-state index is 11.8. The van der Waals surface area contributed by atoms with Crippen molar-refractivity contribution in [2.75, 3.05) is 13.1 Å². The van der Waals surface area contributed by atoms with E-state index in [0.717, 1.165) is 5.56 Å². The molecule has 5 heteroatoms. The van der Waals surface area contributed by atoms with Crippen molar-refractivity contribution in [1.29, 1.82) is 0 Å². The molecule has 1 saturated heterocycles. The zero-order valence-corrected chi connectivity index (χ0v) is 9.82. The van der Waals surface area contributed by atoms with E-state index in [2.05, 4.69) is 4.98 Å². The first kappa shape index (κ1) is 12.3. The maximum Gasteiger partial charge on any atom is 0.308 e. The molecule has 0 radical (unpaired) electrons. The van der Waals surface area contributed by atoms with Gasteiger partial charge in [-0.1, -0.05) is 6.07 Å². The molecule has 1 aliphatic heterocycles. The number of likely N-dealkylation sites (tertiary alicyclic amines) is 1. The maximum atomic E-state index is 11.8. The number of pyridine rings is 1. The lowest BCUT2D eigenvalue weighted by atomic mass is 10.1. The summed E-state index contributed by atoms with van der Waals surface area (Å²) >= 11 is 0. The number of nitrogens with zero attached hydrogens (tertiary/aromatic N) is 2. The minimum absolute atomic E-state index is 0.150. The van der Waals surface area contributed by atoms with E-state index < -0.39 is 11.9 Å². The van der Waals surface area contributed by atoms with E-state index in [0.29, 0.717) is 19.5 Å². The molecule has 1 aromatic rings. The average Bonchev–Trinajstić information content (AvgIpc) is 2.87. The summed E-state index contributed by atoms with van der Waals surface area (Å²) in [7, 11) is 0. The van der Waals surface area contributed by atoms with Crippen LogP contribution < -0.4 is 0 Å². The summed E-state index contributed by atoms with van der Waals surface area (Å²) in [6, 6.07) is 3.64. The van der Waals surface area contributed by atoms with Gasteiger partial charge in [0.2, 0.25) is 5.91 Å². The molecule has 0 aromatic carbocycles. The average molecular weight is 246 g/mol. The third-order valence-electron chi connectivity index (χ3n) is 2.95. The van der Waals surface area contributed by atoms with Crippen LogP contribution in [0.3, 0.4) is 0 Å². The van der Waals surface area contributed by atoms with E-state index in [1.54, 1.807) is 29.4 Å². The number of hydrogen-bond donors (Lipinski definition) is 1. The van der Waals surface area contributed by atoms with Crippen LogP contribution in [-0.2, 0) is 9.59 Å². The van der Waals surface area contributed by atoms with E-state index >= 15 is 0 Å². The number of carboxylic acids is 1. The molecule has 0 saturated carbocycles. The number of hydrogen-bond acceptors (Lipinski definition) is 3. The Morgan fingerprint density at radius 2 is 2.33 bits per heavy atom. The van der Waals surface area contributed by atoms with Gasteiger partial charge < -0.3 is 10.0 Å². The first-order valence-electron chi connectivity index (χ1n) is 5.76. The van der Waals surface area contributed by atoms with Crippen LogP contribution in [0.2, 0.25) is 0 Å². The van der Waals surface area contributed by atoms with Gasteiger partial charge in [0.1, 0.15) is 0 Å². The predicted octanol–water partition coefficient (Wildman–Crippen LogP) is 1.03. The molecule has 1 N–H and O–H groups in total. The van der Waals surface area contributed by atoms with E-state index in [1.165, 1.54) is 6.08 Å². The second-order valence-electron chi connectivity index (χ2n) is 4.23. The SMILES string of the molecule is O=C(O)C1CCN(C(=O)C=Cc2cccnc2)C1. The highest BCUT2D eigenvalue weighted by Crippen LogP contribution is 2.16. The smallest absolute Gasteiger partial charge is 0.308 e. The zero-order valence-electron chi connectivity index (χ0n) is 9.82. The molecule has 1 fully saturated rings. The van der Waals surface area contributed by atoms with E-state index in [9.17, 15) is 9.59 Å². The van der Waals surface area contributed by atoms with Gasteiger partial charge in [0, 0.05) is 31.6 Å². The van der Waals surface area contributed by atoms with Crippen LogP contribution in [0.15, 0.2) is 30.6 Å². The fraction of sp³-hybridized carbons (Fsp3) is 0.308. The molecule has 5 nitrogen and oxygen atoms in total. The molecule has 18 heavy (non-hydrogen) atoms. The topological polar surface area (TPSA) is 70.5 Å². The number of carbonyl (C=O) groups is 2. The van der Waals surface area contributed by atoms with Gasteiger partial charge in [0.05, 0.1) is 5.92 Å². The van der Waals surface area contributed by atoms with Gasteiger partial charge in [0.15, 0.2) is 0 Å². The molecule has 1 unspecified atom stereocenters. The lowest BCUT2D eigenvalue weighted by molar-refractivity contribution is -0.141. The summed E-state index contributed by atoms with van der Waals surface area (Å²) in [6.45, 7) is 0.804. The van der Waals surface area contributed by atoms with E-state index in [4.69, 9.17) is 5.11 Å². The van der Waals surface area contributed by atoms with Crippen LogP contribution in [-0.4, -0.2) is 40.0 Å². The second kappa shape index (κ2) is 5.44. The van der Waals surface area contributed by atoms with E-state index in [-0.39, 0.29) is 5.91 Å². The van der Waals surface area contributed by atoms with Crippen LogP contribution in [0.4, 0.5) is 0 Å². The summed E-state index contributed by atoms with van der Waals surface area (Å²) in [5.41, 5.74) is 0.847. The van der Waals surface area contributed by atoms with Crippen molar-refractivity contribution < 1.29 is 14.7 Å². The summed E-state index contributed by atoms with van der Waals surface area (Å²) < 4.78 is 0. The molecule has 1 amide bonds. The third-order valence-corrected chi connectivity index (χ3v) is 2.95. The molecule has 0 bridgehead atoms. The minimum Gasteiger partial charge on any atom is -0.481 e. The van der Waals surface area contributed by atoms with Crippen LogP contribution in [0, 0.1) is 5.92 Å². The number of carbonyl (C=O) groups excluding carboxylic acids is 1. The molecule has 1 atom stereocenters. The highest BCUT2D eigenvalue weighted by molar-refractivity contribution is 5.92. The monoisotopic (exact) mass is 246 g/mol. The molecule has 2 rings (SSSR count). The third kappa shape index (κ3) is 2.94. The molecular weight excluding hydrogens is 232 g/mol. The Morgan fingerprint density at radius 1 is 1.50 bits per heavy atom. The minimum atomic E-state index is -0.832. The molecule has 94 valence electrons. The van der Waals surface area contributed by atoms with Crippen molar-refractivity contribution in [3.63, 3.8) is 0 Å². The quantitative estimate of drug-likeness (QED) is 0.808. The van der Waals surface area contributed by atoms with Gasteiger partial charge in [-0.2, -0.15) is 0 Å². The Hall–Kier alpha value is -2.17. The van der Waals surface area contributed by atoms with Crippen LogP contribution in [0.1, 0.15) is 12.0 Å². The Kier molecular flexibility index (Phi) is 3.72. The fourth-order valence-corrected chi connectivity index (χ4v) is 1.91. The second-order valence-corrected chi connectivity index (χ2v) is 4.23. The predicted molar refractivity (Wildman–Crippen MR) is 65.6 cm³/mol. The molecule has 1 aromatic heterocycles. The largest absolute Gasteiger partial charge is 0.481 e. The molecule has 2 heterocycles. The summed E-state index contributed by atoms with van der Waals surface area (Å²) in [5.74, 6) is -1.41. The highest BCUT2D eigenvalue weighted by atomic mass is 16.4. The molecule has 0 aliphatic carbocycles. The van der Waals surface area contributed by atoms with Crippen molar-refractivity contribution >= 4 is 18.0 Å². The summed E-state index contributed by atoms with van der Waals surface area (Å²) in [6.07, 6.45) is 7.00. The zero-order chi connectivity index (χ0) is 13.0. The lowest BCUT2D eigenvalue weighted by Crippen LogP contribution is -2.28. The number of rotatable bonds is 3. The first-order valence-corrected chi connectivity index (χ1v) is 5.76. The van der Waals surface area contributed by atoms with Crippen LogP contribution in [0.25, 0.3) is 6.08 Å². The molecule has 1 aliphatic rings. The number of aromatic nitrogens is 1. The highest BCUT2D eigenvalue weighted by Gasteiger charge is 2.29. The standard InChI is InChI=1S/C13H14N2O3/c16-12(4-3-10-2-1-6-14-8-10)15-7-5-11(9-15)13(17)18/h1-4,6,8,11H,5,7,9H2,(H,17,18). The molecular formula is C13H14N2O3. The number of aliphatic carboxylic acids is 1. The van der Waals surface area contributed by atoms with Gasteiger partial charge in [-0.05, 0) is 24.1 Å². The fourth-order valence-electron chi connectivity index (χ4n) is 1.91. The summed E-state index contributed by atoms with van der Waals surface area (Å²) in [4.78, 5) is 28.1. The number of carboxylic acid groups (broad SMARTS) is 1. The van der Waals surface area contributed by atoms with Gasteiger partial charge >= 0.3 is 5.97 Å². The van der Waals surface area contributed by atoms with Crippen LogP contribution >= 0.6 is 0 Å². The van der Waals surface area contributed by atoms with E-state index in [1.807, 2.05) is 6.07 Å². The lowest BCUT2D eigenvalue weighted by Gasteiger charge is -2.12. The normalized spacial score (nSPS) is 19.3. The summed E-state index contributed by atoms with van der Waals surface area (Å²) in [5, 5.41) is 8.86. The first-order chi connectivity index (χ1) is 8.66. The molecule has 0 spiro atoms. The van der Waals surface area contributed by atoms with Crippen molar-refractivity contribution in [3.8, 4) is 0 Å². The van der Waals surface area contributed by atoms with Crippen LogP contribution in [0.5, 0.6) is 0 Å². The van der Waals surface area contributed by atoms with Gasteiger partial charge in [-0.15, -0.1) is 0 Å². The van der Waals surface area contributed by atoms with Gasteiger partial charge in [0.25, 0.3) is 0 Å². The van der Waals surface area contributed by atoms with Crippen molar-refractivity contribution in [2.24, 2.45) is 5.92 Å². The Balaban J connectivity index is 1.93. The van der Waals surface area contributed by atoms with Crippen molar-refractivity contribution in [1.82, 2.24) is 9.88 Å².